The predicted octanol–water partition coefficient (Wildman–Crippen LogP) is 2.72. The van der Waals surface area contributed by atoms with Gasteiger partial charge < -0.3 is 10.3 Å². The van der Waals surface area contributed by atoms with Crippen LogP contribution in [0.25, 0.3) is 10.9 Å². The largest absolute Gasteiger partial charge is 0.361 e. The monoisotopic (exact) mass is 268 g/mol. The van der Waals surface area contributed by atoms with Crippen LogP contribution in [0.1, 0.15) is 23.0 Å². The molecule has 0 aliphatic heterocycles. The molecule has 0 unspecified atom stereocenters. The highest BCUT2D eigenvalue weighted by Gasteiger charge is 2.13. The van der Waals surface area contributed by atoms with Crippen molar-refractivity contribution in [1.82, 2.24) is 14.8 Å². The van der Waals surface area contributed by atoms with Gasteiger partial charge in [-0.3, -0.25) is 9.48 Å². The van der Waals surface area contributed by atoms with Gasteiger partial charge in [-0.05, 0) is 24.6 Å². The Balaban J connectivity index is 1.95. The van der Waals surface area contributed by atoms with Crippen molar-refractivity contribution in [2.24, 2.45) is 7.05 Å². The van der Waals surface area contributed by atoms with Gasteiger partial charge in [-0.25, -0.2) is 0 Å². The molecule has 0 saturated carbocycles. The fraction of sp³-hybridized carbons (Fsp3) is 0.200. The van der Waals surface area contributed by atoms with E-state index < -0.39 is 0 Å². The molecule has 5 heteroatoms. The summed E-state index contributed by atoms with van der Waals surface area (Å²) < 4.78 is 1.71. The fourth-order valence-electron chi connectivity index (χ4n) is 2.37. The highest BCUT2D eigenvalue weighted by molar-refractivity contribution is 6.12. The molecule has 0 aliphatic carbocycles. The first-order chi connectivity index (χ1) is 9.69. The Morgan fingerprint density at radius 2 is 2.25 bits per heavy atom. The van der Waals surface area contributed by atoms with E-state index in [1.54, 1.807) is 4.68 Å². The summed E-state index contributed by atoms with van der Waals surface area (Å²) >= 11 is 0. The molecule has 102 valence electrons. The van der Waals surface area contributed by atoms with Gasteiger partial charge in [-0.2, -0.15) is 5.10 Å². The van der Waals surface area contributed by atoms with Gasteiger partial charge in [0, 0.05) is 35.9 Å². The van der Waals surface area contributed by atoms with Gasteiger partial charge in [0.25, 0.3) is 5.91 Å². The molecule has 0 saturated heterocycles. The van der Waals surface area contributed by atoms with Crippen molar-refractivity contribution in [3.63, 3.8) is 0 Å². The third-order valence-corrected chi connectivity index (χ3v) is 3.33. The number of aryl methyl sites for hydroxylation is 2. The topological polar surface area (TPSA) is 62.7 Å². The lowest BCUT2D eigenvalue weighted by molar-refractivity contribution is 0.102. The molecule has 0 radical (unpaired) electrons. The standard InChI is InChI=1S/C15H16N4O/c1-3-12-14(9-19(2)18-12)17-15(20)11-5-4-6-13-10(11)7-8-16-13/h4-9,16H,3H2,1-2H3,(H,17,20). The Morgan fingerprint density at radius 1 is 1.40 bits per heavy atom. The summed E-state index contributed by atoms with van der Waals surface area (Å²) in [6.45, 7) is 2.02. The van der Waals surface area contributed by atoms with Crippen LogP contribution in [0.3, 0.4) is 0 Å². The summed E-state index contributed by atoms with van der Waals surface area (Å²) in [5.41, 5.74) is 3.28. The van der Waals surface area contributed by atoms with Gasteiger partial charge in [0.2, 0.25) is 0 Å². The van der Waals surface area contributed by atoms with E-state index in [1.807, 2.05) is 50.6 Å². The van der Waals surface area contributed by atoms with Gasteiger partial charge in [0.05, 0.1) is 11.4 Å². The number of amides is 1. The first kappa shape index (κ1) is 12.5. The Bertz CT molecular complexity index is 769. The first-order valence-electron chi connectivity index (χ1n) is 6.59. The Kier molecular flexibility index (Phi) is 3.02. The first-order valence-corrected chi connectivity index (χ1v) is 6.59. The van der Waals surface area contributed by atoms with E-state index in [-0.39, 0.29) is 5.91 Å². The summed E-state index contributed by atoms with van der Waals surface area (Å²) in [5, 5.41) is 8.19. The zero-order chi connectivity index (χ0) is 14.1. The number of anilines is 1. The second-order valence-electron chi connectivity index (χ2n) is 4.72. The van der Waals surface area contributed by atoms with Crippen LogP contribution in [0.2, 0.25) is 0 Å². The van der Waals surface area contributed by atoms with E-state index in [1.165, 1.54) is 0 Å². The van der Waals surface area contributed by atoms with Gasteiger partial charge in [-0.15, -0.1) is 0 Å². The summed E-state index contributed by atoms with van der Waals surface area (Å²) in [6.07, 6.45) is 4.45. The van der Waals surface area contributed by atoms with Gasteiger partial charge in [0.15, 0.2) is 0 Å². The Morgan fingerprint density at radius 3 is 3.05 bits per heavy atom. The highest BCUT2D eigenvalue weighted by Crippen LogP contribution is 2.20. The molecule has 0 spiro atoms. The van der Waals surface area contributed by atoms with Crippen molar-refractivity contribution in [2.45, 2.75) is 13.3 Å². The number of fused-ring (bicyclic) bond motifs is 1. The van der Waals surface area contributed by atoms with Crippen LogP contribution in [0.4, 0.5) is 5.69 Å². The molecule has 0 bridgehead atoms. The molecule has 1 amide bonds. The van der Waals surface area contributed by atoms with E-state index in [9.17, 15) is 4.79 Å². The van der Waals surface area contributed by atoms with E-state index >= 15 is 0 Å². The van der Waals surface area contributed by atoms with Gasteiger partial charge in [0.1, 0.15) is 0 Å². The van der Waals surface area contributed by atoms with Crippen LogP contribution >= 0.6 is 0 Å². The quantitative estimate of drug-likeness (QED) is 0.767. The minimum Gasteiger partial charge on any atom is -0.361 e. The highest BCUT2D eigenvalue weighted by atomic mass is 16.1. The summed E-state index contributed by atoms with van der Waals surface area (Å²) in [4.78, 5) is 15.6. The number of nitrogens with zero attached hydrogens (tertiary/aromatic N) is 2. The summed E-state index contributed by atoms with van der Waals surface area (Å²) in [5.74, 6) is -0.113. The zero-order valence-corrected chi connectivity index (χ0v) is 11.5. The lowest BCUT2D eigenvalue weighted by Gasteiger charge is -2.05. The van der Waals surface area contributed by atoms with Crippen molar-refractivity contribution >= 4 is 22.5 Å². The minimum absolute atomic E-state index is 0.113. The lowest BCUT2D eigenvalue weighted by Crippen LogP contribution is -2.12. The van der Waals surface area contributed by atoms with Crippen molar-refractivity contribution in [2.75, 3.05) is 5.32 Å². The third kappa shape index (κ3) is 2.07. The molecule has 0 aliphatic rings. The lowest BCUT2D eigenvalue weighted by atomic mass is 10.1. The van der Waals surface area contributed by atoms with Crippen molar-refractivity contribution in [3.8, 4) is 0 Å². The zero-order valence-electron chi connectivity index (χ0n) is 11.5. The molecule has 3 aromatic rings. The maximum atomic E-state index is 12.4. The number of carbonyl (C=O) groups is 1. The second kappa shape index (κ2) is 4.85. The van der Waals surface area contributed by atoms with Crippen molar-refractivity contribution < 1.29 is 4.79 Å². The van der Waals surface area contributed by atoms with E-state index in [0.717, 1.165) is 28.7 Å². The van der Waals surface area contributed by atoms with Crippen LogP contribution < -0.4 is 5.32 Å². The second-order valence-corrected chi connectivity index (χ2v) is 4.72. The molecule has 1 aromatic carbocycles. The molecule has 0 atom stereocenters. The van der Waals surface area contributed by atoms with Gasteiger partial charge in [-0.1, -0.05) is 13.0 Å². The molecule has 5 nitrogen and oxygen atoms in total. The molecular formula is C15H16N4O. The maximum Gasteiger partial charge on any atom is 0.256 e. The maximum absolute atomic E-state index is 12.4. The van der Waals surface area contributed by atoms with Crippen LogP contribution in [-0.2, 0) is 13.5 Å². The number of aromatic nitrogens is 3. The van der Waals surface area contributed by atoms with Crippen molar-refractivity contribution in [3.05, 3.63) is 47.9 Å². The molecule has 0 fully saturated rings. The number of aromatic amines is 1. The number of rotatable bonds is 3. The number of hydrogen-bond donors (Lipinski definition) is 2. The number of hydrogen-bond acceptors (Lipinski definition) is 2. The number of benzene rings is 1. The normalized spacial score (nSPS) is 10.9. The molecule has 2 heterocycles. The average Bonchev–Trinajstić information content (AvgIpc) is 3.04. The van der Waals surface area contributed by atoms with E-state index in [4.69, 9.17) is 0 Å². The smallest absolute Gasteiger partial charge is 0.256 e. The van der Waals surface area contributed by atoms with E-state index in [2.05, 4.69) is 15.4 Å². The minimum atomic E-state index is -0.113. The third-order valence-electron chi connectivity index (χ3n) is 3.33. The van der Waals surface area contributed by atoms with Gasteiger partial charge >= 0.3 is 0 Å². The van der Waals surface area contributed by atoms with Crippen molar-refractivity contribution in [1.29, 1.82) is 0 Å². The molecule has 3 rings (SSSR count). The molecular weight excluding hydrogens is 252 g/mol. The summed E-state index contributed by atoms with van der Waals surface area (Å²) in [6, 6.07) is 7.56. The van der Waals surface area contributed by atoms with Crippen LogP contribution in [0, 0.1) is 0 Å². The summed E-state index contributed by atoms with van der Waals surface area (Å²) in [7, 11) is 1.85. The molecule has 20 heavy (non-hydrogen) atoms. The number of H-pyrrole nitrogens is 1. The Hall–Kier alpha value is -2.56. The van der Waals surface area contributed by atoms with Crippen LogP contribution in [0.15, 0.2) is 36.7 Å². The number of carbonyl (C=O) groups excluding carboxylic acids is 1. The van der Waals surface area contributed by atoms with E-state index in [0.29, 0.717) is 5.56 Å². The fourth-order valence-corrected chi connectivity index (χ4v) is 2.37. The Labute approximate surface area is 116 Å². The van der Waals surface area contributed by atoms with Crippen LogP contribution in [-0.4, -0.2) is 20.7 Å². The van der Waals surface area contributed by atoms with Crippen LogP contribution in [0.5, 0.6) is 0 Å². The predicted molar refractivity (Wildman–Crippen MR) is 78.8 cm³/mol. The average molecular weight is 268 g/mol. The molecule has 2 aromatic heterocycles. The molecule has 2 N–H and O–H groups in total. The SMILES string of the molecule is CCc1nn(C)cc1NC(=O)c1cccc2[nH]ccc12. The number of nitrogens with one attached hydrogen (secondary N) is 2.